The molecule has 1 unspecified atom stereocenters. The van der Waals surface area contributed by atoms with Gasteiger partial charge in [-0.05, 0) is 12.6 Å². The van der Waals surface area contributed by atoms with Gasteiger partial charge in [0.25, 0.3) is 0 Å². The van der Waals surface area contributed by atoms with Crippen molar-refractivity contribution in [2.45, 2.75) is 49.2 Å². The Bertz CT molecular complexity index is 666. The Morgan fingerprint density at radius 2 is 1.88 bits per heavy atom. The maximum atomic E-state index is 12.9. The van der Waals surface area contributed by atoms with Crippen LogP contribution in [-0.4, -0.2) is 66.2 Å². The van der Waals surface area contributed by atoms with Gasteiger partial charge in [-0.2, -0.15) is 0 Å². The number of halogens is 1. The highest BCUT2D eigenvalue weighted by Crippen LogP contribution is 2.48. The van der Waals surface area contributed by atoms with Gasteiger partial charge < -0.3 is 14.2 Å². The summed E-state index contributed by atoms with van der Waals surface area (Å²) in [6.07, 6.45) is 2.09. The highest BCUT2D eigenvalue weighted by molar-refractivity contribution is 9.09. The van der Waals surface area contributed by atoms with Gasteiger partial charge in [0.05, 0.1) is 0 Å². The number of rotatable bonds is 6. The average Bonchev–Trinajstić information content (AvgIpc) is 3.41. The quantitative estimate of drug-likeness (QED) is 0.395. The lowest BCUT2D eigenvalue weighted by Crippen LogP contribution is -2.48. The number of likely N-dealkylation sites (N-methyl/N-ethyl adjacent to an activating group) is 1. The second-order valence-electron chi connectivity index (χ2n) is 7.18. The molecule has 0 amide bonds. The molecule has 0 N–H and O–H groups in total. The first-order chi connectivity index (χ1) is 12.6. The predicted octanol–water partition coefficient (Wildman–Crippen LogP) is 1.86. The fourth-order valence-electron chi connectivity index (χ4n) is 4.24. The molecule has 2 bridgehead atoms. The molecule has 3 fully saturated rings. The van der Waals surface area contributed by atoms with Crippen LogP contribution in [0.3, 0.4) is 0 Å². The molecule has 3 aliphatic rings. The van der Waals surface area contributed by atoms with Crippen LogP contribution in [0.5, 0.6) is 0 Å². The maximum absolute atomic E-state index is 12.9. The number of esters is 2. The van der Waals surface area contributed by atoms with E-state index >= 15 is 0 Å². The Labute approximate surface area is 160 Å². The van der Waals surface area contributed by atoms with Gasteiger partial charge in [-0.3, -0.25) is 14.5 Å². The third-order valence-corrected chi connectivity index (χ3v) is 6.12. The van der Waals surface area contributed by atoms with Crippen LogP contribution in [-0.2, 0) is 23.8 Å². The Balaban J connectivity index is 1.42. The fourth-order valence-corrected chi connectivity index (χ4v) is 4.41. The van der Waals surface area contributed by atoms with Crippen molar-refractivity contribution in [2.75, 3.05) is 19.0 Å². The summed E-state index contributed by atoms with van der Waals surface area (Å²) in [5.41, 5.74) is 0.793. The predicted molar refractivity (Wildman–Crippen MR) is 97.1 cm³/mol. The molecule has 0 aliphatic carbocycles. The lowest BCUT2D eigenvalue weighted by molar-refractivity contribution is -0.158. The summed E-state index contributed by atoms with van der Waals surface area (Å²) < 4.78 is 16.7. The molecular formula is C19H22BrNO5. The smallest absolute Gasteiger partial charge is 0.317 e. The number of morpholine rings is 1. The number of epoxide rings is 1. The van der Waals surface area contributed by atoms with Crippen molar-refractivity contribution in [2.24, 2.45) is 0 Å². The standard InChI is InChI=1S/C19H22BrNO5/c1-21-14-7-12(8-15(21)18-17(14)26-18)25-19(23)13(10-24-16(22)9-20)11-5-3-2-4-6-11/h2-6,12-15,17-18H,7-10H2,1H3/t12?,13-,14-,15+,17-,18+/m1/s1. The minimum Gasteiger partial charge on any atom is -0.464 e. The number of hydrogen-bond acceptors (Lipinski definition) is 6. The fraction of sp³-hybridized carbons (Fsp3) is 0.579. The average molecular weight is 424 g/mol. The Morgan fingerprint density at radius 1 is 1.23 bits per heavy atom. The minimum atomic E-state index is -0.609. The molecule has 0 aromatic heterocycles. The number of alkyl halides is 1. The molecule has 6 atom stereocenters. The van der Waals surface area contributed by atoms with Gasteiger partial charge in [-0.1, -0.05) is 46.3 Å². The zero-order valence-corrected chi connectivity index (χ0v) is 16.1. The molecule has 7 heteroatoms. The Morgan fingerprint density at radius 3 is 2.50 bits per heavy atom. The van der Waals surface area contributed by atoms with Crippen molar-refractivity contribution in [3.05, 3.63) is 35.9 Å². The van der Waals surface area contributed by atoms with Crippen LogP contribution in [0.1, 0.15) is 24.3 Å². The molecule has 4 rings (SSSR count). The zero-order chi connectivity index (χ0) is 18.3. The van der Waals surface area contributed by atoms with Crippen LogP contribution in [0, 0.1) is 0 Å². The van der Waals surface area contributed by atoms with E-state index in [1.54, 1.807) is 0 Å². The van der Waals surface area contributed by atoms with Crippen molar-refractivity contribution >= 4 is 27.9 Å². The van der Waals surface area contributed by atoms with E-state index in [1.165, 1.54) is 0 Å². The number of nitrogens with zero attached hydrogens (tertiary/aromatic N) is 1. The van der Waals surface area contributed by atoms with E-state index in [2.05, 4.69) is 27.9 Å². The third kappa shape index (κ3) is 3.40. The zero-order valence-electron chi connectivity index (χ0n) is 14.5. The van der Waals surface area contributed by atoms with E-state index in [9.17, 15) is 9.59 Å². The Hall–Kier alpha value is -1.44. The molecule has 6 nitrogen and oxygen atoms in total. The van der Waals surface area contributed by atoms with E-state index in [4.69, 9.17) is 14.2 Å². The molecule has 1 aromatic rings. The molecule has 26 heavy (non-hydrogen) atoms. The highest BCUT2D eigenvalue weighted by Gasteiger charge is 2.62. The molecule has 0 radical (unpaired) electrons. The molecule has 3 heterocycles. The van der Waals surface area contributed by atoms with Gasteiger partial charge >= 0.3 is 11.9 Å². The second-order valence-corrected chi connectivity index (χ2v) is 7.74. The first-order valence-corrected chi connectivity index (χ1v) is 10.0. The van der Waals surface area contributed by atoms with E-state index < -0.39 is 11.9 Å². The monoisotopic (exact) mass is 423 g/mol. The van der Waals surface area contributed by atoms with Crippen LogP contribution in [0.2, 0.25) is 0 Å². The molecular weight excluding hydrogens is 402 g/mol. The summed E-state index contributed by atoms with van der Waals surface area (Å²) in [6, 6.07) is 9.99. The van der Waals surface area contributed by atoms with Gasteiger partial charge in [0.2, 0.25) is 0 Å². The van der Waals surface area contributed by atoms with Crippen LogP contribution in [0.25, 0.3) is 0 Å². The normalized spacial score (nSPS) is 33.2. The van der Waals surface area contributed by atoms with Crippen molar-refractivity contribution in [3.8, 4) is 0 Å². The number of ether oxygens (including phenoxy) is 3. The van der Waals surface area contributed by atoms with E-state index in [0.717, 1.165) is 18.4 Å². The molecule has 140 valence electrons. The first-order valence-electron chi connectivity index (χ1n) is 8.93. The lowest BCUT2D eigenvalue weighted by atomic mass is 9.97. The second kappa shape index (κ2) is 7.29. The van der Waals surface area contributed by atoms with Gasteiger partial charge in [0.1, 0.15) is 36.2 Å². The number of fused-ring (bicyclic) bond motifs is 5. The first kappa shape index (κ1) is 17.9. The minimum absolute atomic E-state index is 0.0128. The van der Waals surface area contributed by atoms with Crippen LogP contribution in [0.15, 0.2) is 30.3 Å². The van der Waals surface area contributed by atoms with Crippen molar-refractivity contribution in [1.29, 1.82) is 0 Å². The summed E-state index contributed by atoms with van der Waals surface area (Å²) in [7, 11) is 2.12. The number of carbonyl (C=O) groups is 2. The number of carbonyl (C=O) groups excluding carboxylic acids is 2. The maximum Gasteiger partial charge on any atom is 0.317 e. The molecule has 0 saturated carbocycles. The summed E-state index contributed by atoms with van der Waals surface area (Å²) >= 11 is 3.07. The summed E-state index contributed by atoms with van der Waals surface area (Å²) in [4.78, 5) is 26.7. The van der Waals surface area contributed by atoms with E-state index in [0.29, 0.717) is 24.3 Å². The van der Waals surface area contributed by atoms with Gasteiger partial charge in [-0.25, -0.2) is 0 Å². The molecule has 0 spiro atoms. The Kier molecular flexibility index (Phi) is 5.03. The van der Waals surface area contributed by atoms with E-state index in [-0.39, 0.29) is 24.0 Å². The van der Waals surface area contributed by atoms with Crippen molar-refractivity contribution in [1.82, 2.24) is 4.90 Å². The van der Waals surface area contributed by atoms with E-state index in [1.807, 2.05) is 30.3 Å². The van der Waals surface area contributed by atoms with Gasteiger partial charge in [-0.15, -0.1) is 0 Å². The van der Waals surface area contributed by atoms with Crippen LogP contribution < -0.4 is 0 Å². The largest absolute Gasteiger partial charge is 0.464 e. The number of benzene rings is 1. The topological polar surface area (TPSA) is 68.4 Å². The highest BCUT2D eigenvalue weighted by atomic mass is 79.9. The number of piperidine rings is 1. The van der Waals surface area contributed by atoms with Crippen LogP contribution >= 0.6 is 15.9 Å². The molecule has 1 aromatic carbocycles. The van der Waals surface area contributed by atoms with Crippen molar-refractivity contribution < 1.29 is 23.8 Å². The SMILES string of the molecule is CN1[C@@H]2CC(OC(=O)[C@H](COC(=O)CBr)c3ccccc3)C[C@H]1[C@@H]1O[C@@H]12. The molecule has 3 aliphatic heterocycles. The van der Waals surface area contributed by atoms with Gasteiger partial charge in [0.15, 0.2) is 0 Å². The summed E-state index contributed by atoms with van der Waals surface area (Å²) in [6.45, 7) is -0.0128. The summed E-state index contributed by atoms with van der Waals surface area (Å²) in [5.74, 6) is -1.34. The lowest BCUT2D eigenvalue weighted by Gasteiger charge is -2.38. The van der Waals surface area contributed by atoms with Crippen LogP contribution in [0.4, 0.5) is 0 Å². The van der Waals surface area contributed by atoms with Crippen molar-refractivity contribution in [3.63, 3.8) is 0 Å². The number of hydrogen-bond donors (Lipinski definition) is 0. The third-order valence-electron chi connectivity index (χ3n) is 5.66. The summed E-state index contributed by atoms with van der Waals surface area (Å²) in [5, 5.41) is 0.102. The molecule has 3 saturated heterocycles. The van der Waals surface area contributed by atoms with Gasteiger partial charge in [0, 0.05) is 24.9 Å².